The number of benzene rings is 1. The number of hydrogen-bond acceptors (Lipinski definition) is 1. The van der Waals surface area contributed by atoms with Gasteiger partial charge in [0.2, 0.25) is 0 Å². The van der Waals surface area contributed by atoms with Crippen LogP contribution in [0.4, 0.5) is 0 Å². The van der Waals surface area contributed by atoms with Gasteiger partial charge in [0.05, 0.1) is 10.0 Å². The number of ketones is 1. The van der Waals surface area contributed by atoms with E-state index in [2.05, 4.69) is 0 Å². The van der Waals surface area contributed by atoms with Crippen molar-refractivity contribution in [2.75, 3.05) is 0 Å². The van der Waals surface area contributed by atoms with Crippen molar-refractivity contribution in [3.05, 3.63) is 33.8 Å². The van der Waals surface area contributed by atoms with Crippen LogP contribution >= 0.6 is 23.2 Å². The lowest BCUT2D eigenvalue weighted by Crippen LogP contribution is -2.09. The summed E-state index contributed by atoms with van der Waals surface area (Å²) in [6.45, 7) is 0. The quantitative estimate of drug-likeness (QED) is 0.805. The molecule has 2 atom stereocenters. The second-order valence-electron chi connectivity index (χ2n) is 5.14. The monoisotopic (exact) mass is 268 g/mol. The van der Waals surface area contributed by atoms with E-state index >= 15 is 0 Å². The number of carbonyl (C=O) groups is 1. The van der Waals surface area contributed by atoms with Gasteiger partial charge in [0.1, 0.15) is 5.78 Å². The highest BCUT2D eigenvalue weighted by Gasteiger charge is 2.55. The summed E-state index contributed by atoms with van der Waals surface area (Å²) in [5.41, 5.74) is 0.870. The fourth-order valence-electron chi connectivity index (χ4n) is 3.29. The average Bonchev–Trinajstić information content (AvgIpc) is 2.79. The van der Waals surface area contributed by atoms with Gasteiger partial charge in [-0.25, -0.2) is 0 Å². The molecule has 0 radical (unpaired) electrons. The van der Waals surface area contributed by atoms with Gasteiger partial charge in [0.25, 0.3) is 0 Å². The lowest BCUT2D eigenvalue weighted by molar-refractivity contribution is -0.120. The van der Waals surface area contributed by atoms with Crippen LogP contribution in [0.5, 0.6) is 0 Å². The first-order valence-electron chi connectivity index (χ1n) is 6.14. The minimum absolute atomic E-state index is 0.318. The minimum Gasteiger partial charge on any atom is -0.299 e. The maximum absolute atomic E-state index is 12.2. The van der Waals surface area contributed by atoms with E-state index in [1.54, 1.807) is 6.07 Å². The molecule has 0 spiro atoms. The van der Waals surface area contributed by atoms with E-state index in [1.807, 2.05) is 12.1 Å². The van der Waals surface area contributed by atoms with Crippen molar-refractivity contribution in [1.29, 1.82) is 0 Å². The van der Waals surface area contributed by atoms with Gasteiger partial charge in [-0.2, -0.15) is 0 Å². The molecule has 0 N–H and O–H groups in total. The first-order chi connectivity index (χ1) is 8.18. The first-order valence-corrected chi connectivity index (χ1v) is 6.89. The third-order valence-electron chi connectivity index (χ3n) is 4.17. The van der Waals surface area contributed by atoms with Gasteiger partial charge >= 0.3 is 0 Å². The predicted molar refractivity (Wildman–Crippen MR) is 69.5 cm³/mol. The zero-order valence-corrected chi connectivity index (χ0v) is 11.0. The maximum Gasteiger partial charge on any atom is 0.140 e. The molecule has 2 fully saturated rings. The van der Waals surface area contributed by atoms with Crippen LogP contribution in [0.2, 0.25) is 10.0 Å². The van der Waals surface area contributed by atoms with E-state index < -0.39 is 0 Å². The van der Waals surface area contributed by atoms with E-state index in [1.165, 1.54) is 19.3 Å². The molecule has 0 aliphatic heterocycles. The molecule has 2 aliphatic carbocycles. The molecule has 0 aromatic heterocycles. The van der Waals surface area contributed by atoms with Crippen LogP contribution in [0, 0.1) is 17.8 Å². The SMILES string of the molecule is O=C(Cc1cccc(Cl)c1Cl)C1C2CCCC21. The summed E-state index contributed by atoms with van der Waals surface area (Å²) in [6, 6.07) is 5.50. The fourth-order valence-corrected chi connectivity index (χ4v) is 3.68. The first kappa shape index (κ1) is 11.6. The van der Waals surface area contributed by atoms with E-state index in [4.69, 9.17) is 23.2 Å². The number of fused-ring (bicyclic) bond motifs is 1. The van der Waals surface area contributed by atoms with Crippen molar-refractivity contribution < 1.29 is 4.79 Å². The largest absolute Gasteiger partial charge is 0.299 e. The third-order valence-corrected chi connectivity index (χ3v) is 5.03. The van der Waals surface area contributed by atoms with Gasteiger partial charge in [0.15, 0.2) is 0 Å². The summed E-state index contributed by atoms with van der Waals surface area (Å²) in [5, 5.41) is 1.07. The van der Waals surface area contributed by atoms with Crippen molar-refractivity contribution in [2.24, 2.45) is 17.8 Å². The van der Waals surface area contributed by atoms with Crippen LogP contribution in [-0.4, -0.2) is 5.78 Å². The second kappa shape index (κ2) is 4.29. The lowest BCUT2D eigenvalue weighted by Gasteiger charge is -2.06. The van der Waals surface area contributed by atoms with Crippen molar-refractivity contribution in [1.82, 2.24) is 0 Å². The van der Waals surface area contributed by atoms with E-state index in [-0.39, 0.29) is 0 Å². The zero-order valence-electron chi connectivity index (χ0n) is 9.46. The van der Waals surface area contributed by atoms with Crippen LogP contribution in [0.25, 0.3) is 0 Å². The molecule has 0 saturated heterocycles. The summed E-state index contributed by atoms with van der Waals surface area (Å²) in [4.78, 5) is 12.2. The van der Waals surface area contributed by atoms with Crippen LogP contribution in [0.1, 0.15) is 24.8 Å². The van der Waals surface area contributed by atoms with Crippen molar-refractivity contribution in [3.63, 3.8) is 0 Å². The molecule has 0 amide bonds. The molecule has 2 unspecified atom stereocenters. The van der Waals surface area contributed by atoms with Crippen LogP contribution in [0.3, 0.4) is 0 Å². The van der Waals surface area contributed by atoms with E-state index in [0.29, 0.717) is 40.0 Å². The number of Topliss-reactive ketones (excluding diaryl/α,β-unsaturated/α-hetero) is 1. The Labute approximate surface area is 111 Å². The van der Waals surface area contributed by atoms with Crippen molar-refractivity contribution in [3.8, 4) is 0 Å². The summed E-state index contributed by atoms with van der Waals surface area (Å²) < 4.78 is 0. The highest BCUT2D eigenvalue weighted by atomic mass is 35.5. The summed E-state index contributed by atoms with van der Waals surface area (Å²) >= 11 is 12.0. The Morgan fingerprint density at radius 1 is 1.24 bits per heavy atom. The Kier molecular flexibility index (Phi) is 2.92. The summed E-state index contributed by atoms with van der Waals surface area (Å²) in [6.07, 6.45) is 4.22. The molecule has 3 heteroatoms. The van der Waals surface area contributed by atoms with Gasteiger partial charge in [-0.15, -0.1) is 0 Å². The molecule has 17 heavy (non-hydrogen) atoms. The molecule has 1 aromatic rings. The van der Waals surface area contributed by atoms with Gasteiger partial charge in [-0.05, 0) is 36.3 Å². The topological polar surface area (TPSA) is 17.1 Å². The maximum atomic E-state index is 12.2. The molecule has 1 aromatic carbocycles. The molecule has 1 nitrogen and oxygen atoms in total. The predicted octanol–water partition coefficient (Wildman–Crippen LogP) is 4.15. The zero-order chi connectivity index (χ0) is 12.0. The fraction of sp³-hybridized carbons (Fsp3) is 0.500. The smallest absolute Gasteiger partial charge is 0.140 e. The lowest BCUT2D eigenvalue weighted by atomic mass is 10.0. The Morgan fingerprint density at radius 2 is 1.94 bits per heavy atom. The van der Waals surface area contributed by atoms with E-state index in [9.17, 15) is 4.79 Å². The summed E-state index contributed by atoms with van der Waals surface area (Å²) in [7, 11) is 0. The molecule has 2 saturated carbocycles. The van der Waals surface area contributed by atoms with Gasteiger partial charge < -0.3 is 0 Å². The highest BCUT2D eigenvalue weighted by Crippen LogP contribution is 2.58. The average molecular weight is 269 g/mol. The molecular formula is C14H14Cl2O. The summed E-state index contributed by atoms with van der Waals surface area (Å²) in [5.74, 6) is 2.03. The van der Waals surface area contributed by atoms with Crippen molar-refractivity contribution in [2.45, 2.75) is 25.7 Å². The Hall–Kier alpha value is -0.530. The molecule has 0 bridgehead atoms. The number of carbonyl (C=O) groups excluding carboxylic acids is 1. The number of hydrogen-bond donors (Lipinski definition) is 0. The van der Waals surface area contributed by atoms with Crippen LogP contribution < -0.4 is 0 Å². The number of rotatable bonds is 3. The molecule has 3 rings (SSSR count). The number of halogens is 2. The molecular weight excluding hydrogens is 255 g/mol. The Morgan fingerprint density at radius 3 is 2.65 bits per heavy atom. The van der Waals surface area contributed by atoms with Gasteiger partial charge in [0, 0.05) is 12.3 Å². The van der Waals surface area contributed by atoms with Gasteiger partial charge in [-0.1, -0.05) is 41.8 Å². The standard InChI is InChI=1S/C14H14Cl2O/c15-11-6-1-3-8(14(11)16)7-12(17)13-9-4-2-5-10(9)13/h1,3,6,9-10,13H,2,4-5,7H2. The third kappa shape index (κ3) is 2.00. The Bertz CT molecular complexity index is 459. The van der Waals surface area contributed by atoms with Crippen LogP contribution in [0.15, 0.2) is 18.2 Å². The minimum atomic E-state index is 0.318. The van der Waals surface area contributed by atoms with Crippen LogP contribution in [-0.2, 0) is 11.2 Å². The molecule has 0 heterocycles. The molecule has 2 aliphatic rings. The molecule has 90 valence electrons. The normalized spacial score (nSPS) is 30.1. The van der Waals surface area contributed by atoms with Crippen molar-refractivity contribution >= 4 is 29.0 Å². The highest BCUT2D eigenvalue weighted by molar-refractivity contribution is 6.42. The Balaban J connectivity index is 1.71. The second-order valence-corrected chi connectivity index (χ2v) is 5.93. The van der Waals surface area contributed by atoms with E-state index in [0.717, 1.165) is 5.56 Å². The van der Waals surface area contributed by atoms with Gasteiger partial charge in [-0.3, -0.25) is 4.79 Å².